The second-order valence-electron chi connectivity index (χ2n) is 4.85. The third-order valence-corrected chi connectivity index (χ3v) is 4.00. The molecule has 2 nitrogen and oxygen atoms in total. The molecule has 0 aromatic rings. The maximum absolute atomic E-state index is 5.77. The molecule has 0 radical (unpaired) electrons. The molecule has 1 saturated carbocycles. The van der Waals surface area contributed by atoms with E-state index in [0.29, 0.717) is 17.6 Å². The SMILES string of the molecule is C#CCCCNC1CC(OCC)C1(C)CC. The van der Waals surface area contributed by atoms with Gasteiger partial charge in [0.2, 0.25) is 0 Å². The molecule has 0 aromatic carbocycles. The van der Waals surface area contributed by atoms with Gasteiger partial charge in [-0.1, -0.05) is 13.8 Å². The van der Waals surface area contributed by atoms with E-state index >= 15 is 0 Å². The Morgan fingerprint density at radius 1 is 1.50 bits per heavy atom. The quantitative estimate of drug-likeness (QED) is 0.529. The molecule has 1 aliphatic rings. The van der Waals surface area contributed by atoms with Crippen molar-refractivity contribution in [2.45, 2.75) is 58.6 Å². The number of ether oxygens (including phenoxy) is 1. The molecular formula is C14H25NO. The van der Waals surface area contributed by atoms with E-state index in [1.165, 1.54) is 6.42 Å². The van der Waals surface area contributed by atoms with Gasteiger partial charge in [0.15, 0.2) is 0 Å². The van der Waals surface area contributed by atoms with Gasteiger partial charge in [-0.15, -0.1) is 12.3 Å². The van der Waals surface area contributed by atoms with Crippen molar-refractivity contribution in [1.82, 2.24) is 5.32 Å². The summed E-state index contributed by atoms with van der Waals surface area (Å²) in [7, 11) is 0. The van der Waals surface area contributed by atoms with Crippen LogP contribution < -0.4 is 5.32 Å². The van der Waals surface area contributed by atoms with Crippen LogP contribution in [0.1, 0.15) is 46.5 Å². The average Bonchev–Trinajstić information content (AvgIpc) is 2.30. The molecule has 0 amide bonds. The first-order valence-electron chi connectivity index (χ1n) is 6.47. The molecule has 16 heavy (non-hydrogen) atoms. The molecule has 0 saturated heterocycles. The Hall–Kier alpha value is -0.520. The zero-order valence-electron chi connectivity index (χ0n) is 10.9. The van der Waals surface area contributed by atoms with Crippen LogP contribution in [0.2, 0.25) is 0 Å². The molecule has 1 fully saturated rings. The van der Waals surface area contributed by atoms with E-state index in [1.807, 2.05) is 0 Å². The lowest BCUT2D eigenvalue weighted by molar-refractivity contribution is -0.125. The van der Waals surface area contributed by atoms with Crippen LogP contribution in [0.15, 0.2) is 0 Å². The summed E-state index contributed by atoms with van der Waals surface area (Å²) in [5.41, 5.74) is 0.312. The van der Waals surface area contributed by atoms with Gasteiger partial charge >= 0.3 is 0 Å². The van der Waals surface area contributed by atoms with Crippen LogP contribution in [0.25, 0.3) is 0 Å². The van der Waals surface area contributed by atoms with Crippen molar-refractivity contribution in [3.05, 3.63) is 0 Å². The van der Waals surface area contributed by atoms with Gasteiger partial charge in [0.05, 0.1) is 6.10 Å². The van der Waals surface area contributed by atoms with Gasteiger partial charge in [-0.3, -0.25) is 0 Å². The van der Waals surface area contributed by atoms with E-state index < -0.39 is 0 Å². The van der Waals surface area contributed by atoms with Gasteiger partial charge in [-0.2, -0.15) is 0 Å². The summed E-state index contributed by atoms with van der Waals surface area (Å²) in [5, 5.41) is 3.61. The van der Waals surface area contributed by atoms with E-state index in [9.17, 15) is 0 Å². The smallest absolute Gasteiger partial charge is 0.0658 e. The molecule has 0 spiro atoms. The van der Waals surface area contributed by atoms with E-state index in [1.54, 1.807) is 0 Å². The van der Waals surface area contributed by atoms with Crippen LogP contribution in [-0.2, 0) is 4.74 Å². The van der Waals surface area contributed by atoms with Gasteiger partial charge in [0, 0.05) is 24.5 Å². The largest absolute Gasteiger partial charge is 0.378 e. The predicted molar refractivity (Wildman–Crippen MR) is 68.3 cm³/mol. The van der Waals surface area contributed by atoms with Crippen molar-refractivity contribution in [3.63, 3.8) is 0 Å². The predicted octanol–water partition coefficient (Wildman–Crippen LogP) is 2.58. The van der Waals surface area contributed by atoms with E-state index in [4.69, 9.17) is 11.2 Å². The Morgan fingerprint density at radius 2 is 2.25 bits per heavy atom. The number of unbranched alkanes of at least 4 members (excludes halogenated alkanes) is 1. The first kappa shape index (κ1) is 13.5. The van der Waals surface area contributed by atoms with Crippen LogP contribution in [0, 0.1) is 17.8 Å². The van der Waals surface area contributed by atoms with Crippen LogP contribution >= 0.6 is 0 Å². The molecular weight excluding hydrogens is 198 g/mol. The molecule has 0 aliphatic heterocycles. The highest BCUT2D eigenvalue weighted by molar-refractivity contribution is 5.04. The lowest BCUT2D eigenvalue weighted by Crippen LogP contribution is -2.62. The molecule has 1 rings (SSSR count). The first-order valence-corrected chi connectivity index (χ1v) is 6.47. The Labute approximate surface area is 100 Å². The topological polar surface area (TPSA) is 21.3 Å². The minimum absolute atomic E-state index is 0.312. The third kappa shape index (κ3) is 2.78. The molecule has 0 aromatic heterocycles. The minimum Gasteiger partial charge on any atom is -0.378 e. The Bertz CT molecular complexity index is 246. The van der Waals surface area contributed by atoms with Crippen LogP contribution in [0.3, 0.4) is 0 Å². The number of hydrogen-bond acceptors (Lipinski definition) is 2. The summed E-state index contributed by atoms with van der Waals surface area (Å²) in [6.45, 7) is 8.51. The second-order valence-corrected chi connectivity index (χ2v) is 4.85. The highest BCUT2D eigenvalue weighted by atomic mass is 16.5. The standard InChI is InChI=1S/C14H25NO/c1-5-8-9-10-15-12-11-13(16-7-3)14(12,4)6-2/h1,12-13,15H,6-11H2,2-4H3. The van der Waals surface area contributed by atoms with Crippen molar-refractivity contribution in [2.24, 2.45) is 5.41 Å². The fourth-order valence-electron chi connectivity index (χ4n) is 2.53. The monoisotopic (exact) mass is 223 g/mol. The number of terminal acetylenes is 1. The average molecular weight is 223 g/mol. The summed E-state index contributed by atoms with van der Waals surface area (Å²) < 4.78 is 5.77. The summed E-state index contributed by atoms with van der Waals surface area (Å²) in [4.78, 5) is 0. The fraction of sp³-hybridized carbons (Fsp3) is 0.857. The maximum atomic E-state index is 5.77. The lowest BCUT2D eigenvalue weighted by Gasteiger charge is -2.53. The number of nitrogens with one attached hydrogen (secondary N) is 1. The zero-order valence-corrected chi connectivity index (χ0v) is 10.9. The maximum Gasteiger partial charge on any atom is 0.0658 e. The van der Waals surface area contributed by atoms with E-state index in [0.717, 1.165) is 32.4 Å². The highest BCUT2D eigenvalue weighted by Crippen LogP contribution is 2.45. The van der Waals surface area contributed by atoms with Gasteiger partial charge in [0.25, 0.3) is 0 Å². The number of rotatable bonds is 7. The molecule has 2 heteroatoms. The third-order valence-electron chi connectivity index (χ3n) is 4.00. The van der Waals surface area contributed by atoms with Crippen LogP contribution in [0.5, 0.6) is 0 Å². The van der Waals surface area contributed by atoms with E-state index in [-0.39, 0.29) is 0 Å². The zero-order chi connectivity index (χ0) is 12.0. The lowest BCUT2D eigenvalue weighted by atomic mass is 9.61. The van der Waals surface area contributed by atoms with Crippen LogP contribution in [0.4, 0.5) is 0 Å². The Balaban J connectivity index is 2.31. The van der Waals surface area contributed by atoms with Crippen molar-refractivity contribution in [2.75, 3.05) is 13.2 Å². The fourth-order valence-corrected chi connectivity index (χ4v) is 2.53. The van der Waals surface area contributed by atoms with Crippen molar-refractivity contribution in [3.8, 4) is 12.3 Å². The minimum atomic E-state index is 0.312. The van der Waals surface area contributed by atoms with Gasteiger partial charge in [0.1, 0.15) is 0 Å². The van der Waals surface area contributed by atoms with Gasteiger partial charge in [-0.05, 0) is 32.7 Å². The summed E-state index contributed by atoms with van der Waals surface area (Å²) in [6, 6.07) is 0.604. The van der Waals surface area contributed by atoms with Crippen molar-refractivity contribution >= 4 is 0 Å². The van der Waals surface area contributed by atoms with Crippen molar-refractivity contribution < 1.29 is 4.74 Å². The molecule has 1 N–H and O–H groups in total. The Kier molecular flexibility index (Phi) is 5.31. The molecule has 3 atom stereocenters. The molecule has 1 aliphatic carbocycles. The molecule has 0 heterocycles. The summed E-state index contributed by atoms with van der Waals surface area (Å²) in [6.07, 6.45) is 9.94. The van der Waals surface area contributed by atoms with Gasteiger partial charge in [-0.25, -0.2) is 0 Å². The van der Waals surface area contributed by atoms with Crippen LogP contribution in [-0.4, -0.2) is 25.3 Å². The molecule has 3 unspecified atom stereocenters. The summed E-state index contributed by atoms with van der Waals surface area (Å²) in [5.74, 6) is 2.68. The summed E-state index contributed by atoms with van der Waals surface area (Å²) >= 11 is 0. The van der Waals surface area contributed by atoms with Gasteiger partial charge < -0.3 is 10.1 Å². The highest BCUT2D eigenvalue weighted by Gasteiger charge is 2.50. The molecule has 0 bridgehead atoms. The first-order chi connectivity index (χ1) is 7.69. The molecule has 92 valence electrons. The van der Waals surface area contributed by atoms with Crippen molar-refractivity contribution in [1.29, 1.82) is 0 Å². The number of hydrogen-bond donors (Lipinski definition) is 1. The Morgan fingerprint density at radius 3 is 2.81 bits per heavy atom. The second kappa shape index (κ2) is 6.27. The van der Waals surface area contributed by atoms with E-state index in [2.05, 4.69) is 32.0 Å². The normalized spacial score (nSPS) is 33.1.